The maximum atomic E-state index is 13.6. The topological polar surface area (TPSA) is 87.2 Å². The van der Waals surface area contributed by atoms with Crippen molar-refractivity contribution in [3.05, 3.63) is 53.6 Å². The second-order valence-electron chi connectivity index (χ2n) is 7.35. The van der Waals surface area contributed by atoms with Crippen LogP contribution >= 0.6 is 0 Å². The van der Waals surface area contributed by atoms with Gasteiger partial charge in [-0.3, -0.25) is 19.8 Å². The summed E-state index contributed by atoms with van der Waals surface area (Å²) in [4.78, 5) is 34.9. The third kappa shape index (κ3) is 5.57. The summed E-state index contributed by atoms with van der Waals surface area (Å²) in [6.07, 6.45) is 4.49. The fourth-order valence-corrected chi connectivity index (χ4v) is 3.37. The van der Waals surface area contributed by atoms with Crippen molar-refractivity contribution < 1.29 is 14.0 Å². The molecule has 2 N–H and O–H groups in total. The van der Waals surface area contributed by atoms with Crippen LogP contribution < -0.4 is 10.6 Å². The Morgan fingerprint density at radius 2 is 1.93 bits per heavy atom. The number of aryl methyl sites for hydroxylation is 1. The second kappa shape index (κ2) is 9.56. The Hall–Kier alpha value is -2.87. The molecule has 1 saturated heterocycles. The summed E-state index contributed by atoms with van der Waals surface area (Å²) in [7, 11) is 0. The first kappa shape index (κ1) is 20.9. The number of aromatic nitrogens is 2. The van der Waals surface area contributed by atoms with E-state index in [1.165, 1.54) is 6.07 Å². The number of halogens is 1. The van der Waals surface area contributed by atoms with Gasteiger partial charge in [0.25, 0.3) is 0 Å². The molecular weight excluding hydrogens is 373 g/mol. The minimum Gasteiger partial charge on any atom is -0.352 e. The van der Waals surface area contributed by atoms with Gasteiger partial charge in [-0.15, -0.1) is 0 Å². The van der Waals surface area contributed by atoms with Crippen molar-refractivity contribution in [3.63, 3.8) is 0 Å². The summed E-state index contributed by atoms with van der Waals surface area (Å²) >= 11 is 0. The molecule has 0 radical (unpaired) electrons. The maximum Gasteiger partial charge on any atom is 0.243 e. The number of hydrogen-bond acceptors (Lipinski definition) is 5. The Morgan fingerprint density at radius 3 is 2.59 bits per heavy atom. The Labute approximate surface area is 169 Å². The van der Waals surface area contributed by atoms with Crippen LogP contribution in [0.4, 0.5) is 10.3 Å². The van der Waals surface area contributed by atoms with E-state index in [1.54, 1.807) is 31.5 Å². The lowest BCUT2D eigenvalue weighted by Gasteiger charge is -2.34. The van der Waals surface area contributed by atoms with Crippen molar-refractivity contribution >= 4 is 17.8 Å². The van der Waals surface area contributed by atoms with Gasteiger partial charge in [0.2, 0.25) is 17.8 Å². The molecule has 0 aliphatic carbocycles. The van der Waals surface area contributed by atoms with Crippen molar-refractivity contribution in [3.8, 4) is 0 Å². The molecule has 2 aromatic rings. The van der Waals surface area contributed by atoms with Crippen LogP contribution in [0.2, 0.25) is 0 Å². The zero-order valence-corrected chi connectivity index (χ0v) is 16.7. The Bertz CT molecular complexity index is 853. The van der Waals surface area contributed by atoms with Crippen LogP contribution in [0, 0.1) is 18.7 Å². The van der Waals surface area contributed by atoms with Gasteiger partial charge in [-0.25, -0.2) is 14.4 Å². The molecule has 0 saturated carbocycles. The number of likely N-dealkylation sites (tertiary alicyclic amines) is 1. The van der Waals surface area contributed by atoms with Gasteiger partial charge in [0, 0.05) is 24.9 Å². The largest absolute Gasteiger partial charge is 0.352 e. The third-order valence-electron chi connectivity index (χ3n) is 5.33. The fraction of sp³-hybridized carbons (Fsp3) is 0.429. The van der Waals surface area contributed by atoms with Gasteiger partial charge in [-0.2, -0.15) is 0 Å². The monoisotopic (exact) mass is 399 g/mol. The first-order valence-electron chi connectivity index (χ1n) is 9.78. The molecule has 1 aliphatic rings. The average Bonchev–Trinajstić information content (AvgIpc) is 2.74. The standard InChI is InChI=1S/C21H26FN5O2/c1-14-4-5-16(12-18(14)22)13-25-20(29)17-6-10-27(11-7-17)15(2)19(28)26-21-23-8-3-9-24-21/h3-5,8-9,12,15,17H,6-7,10-11,13H2,1-2H3,(H,25,29)(H,23,24,26,28)/t15-/m0/s1. The van der Waals surface area contributed by atoms with E-state index < -0.39 is 0 Å². The molecule has 0 spiro atoms. The van der Waals surface area contributed by atoms with E-state index in [4.69, 9.17) is 0 Å². The number of nitrogens with one attached hydrogen (secondary N) is 2. The number of carbonyl (C=O) groups is 2. The van der Waals surface area contributed by atoms with Gasteiger partial charge in [-0.1, -0.05) is 12.1 Å². The van der Waals surface area contributed by atoms with E-state index in [2.05, 4.69) is 25.5 Å². The molecule has 1 aliphatic heterocycles. The van der Waals surface area contributed by atoms with Gasteiger partial charge in [0.1, 0.15) is 5.82 Å². The zero-order chi connectivity index (χ0) is 20.8. The van der Waals surface area contributed by atoms with E-state index in [9.17, 15) is 14.0 Å². The Morgan fingerprint density at radius 1 is 1.24 bits per heavy atom. The lowest BCUT2D eigenvalue weighted by atomic mass is 9.94. The van der Waals surface area contributed by atoms with Crippen LogP contribution in [-0.2, 0) is 16.1 Å². The van der Waals surface area contributed by atoms with Crippen molar-refractivity contribution in [1.29, 1.82) is 0 Å². The molecule has 2 heterocycles. The highest BCUT2D eigenvalue weighted by atomic mass is 19.1. The highest BCUT2D eigenvalue weighted by Gasteiger charge is 2.29. The number of piperidine rings is 1. The van der Waals surface area contributed by atoms with Gasteiger partial charge in [0.05, 0.1) is 6.04 Å². The van der Waals surface area contributed by atoms with E-state index >= 15 is 0 Å². The summed E-state index contributed by atoms with van der Waals surface area (Å²) < 4.78 is 13.6. The van der Waals surface area contributed by atoms with E-state index in [0.29, 0.717) is 38.0 Å². The predicted molar refractivity (Wildman–Crippen MR) is 107 cm³/mol. The SMILES string of the molecule is Cc1ccc(CNC(=O)C2CCN([C@@H](C)C(=O)Nc3ncccn3)CC2)cc1F. The zero-order valence-electron chi connectivity index (χ0n) is 16.7. The number of amides is 2. The van der Waals surface area contributed by atoms with Crippen LogP contribution in [-0.4, -0.2) is 45.8 Å². The number of carbonyl (C=O) groups excluding carboxylic acids is 2. The first-order valence-corrected chi connectivity index (χ1v) is 9.78. The smallest absolute Gasteiger partial charge is 0.243 e. The molecule has 1 fully saturated rings. The lowest BCUT2D eigenvalue weighted by molar-refractivity contribution is -0.127. The summed E-state index contributed by atoms with van der Waals surface area (Å²) in [5.41, 5.74) is 1.33. The van der Waals surface area contributed by atoms with Crippen molar-refractivity contribution in [2.75, 3.05) is 18.4 Å². The van der Waals surface area contributed by atoms with Crippen molar-refractivity contribution in [2.24, 2.45) is 5.92 Å². The molecule has 1 aromatic carbocycles. The first-order chi connectivity index (χ1) is 13.9. The minimum atomic E-state index is -0.335. The number of benzene rings is 1. The molecule has 0 bridgehead atoms. The average molecular weight is 399 g/mol. The van der Waals surface area contributed by atoms with Gasteiger partial charge >= 0.3 is 0 Å². The highest BCUT2D eigenvalue weighted by Crippen LogP contribution is 2.20. The van der Waals surface area contributed by atoms with Crippen molar-refractivity contribution in [1.82, 2.24) is 20.2 Å². The Kier molecular flexibility index (Phi) is 6.87. The summed E-state index contributed by atoms with van der Waals surface area (Å²) in [5.74, 6) is -0.278. The number of rotatable bonds is 6. The normalized spacial score (nSPS) is 16.2. The molecule has 7 nitrogen and oxygen atoms in total. The Balaban J connectivity index is 1.44. The summed E-state index contributed by atoms with van der Waals surface area (Å²) in [6, 6.07) is 6.33. The van der Waals surface area contributed by atoms with Crippen LogP contribution in [0.25, 0.3) is 0 Å². The second-order valence-corrected chi connectivity index (χ2v) is 7.35. The van der Waals surface area contributed by atoms with E-state index in [0.717, 1.165) is 5.56 Å². The minimum absolute atomic E-state index is 0.0274. The third-order valence-corrected chi connectivity index (χ3v) is 5.33. The maximum absolute atomic E-state index is 13.6. The summed E-state index contributed by atoms with van der Waals surface area (Å²) in [5, 5.41) is 5.60. The van der Waals surface area contributed by atoms with Gasteiger partial charge < -0.3 is 5.32 Å². The number of nitrogens with zero attached hydrogens (tertiary/aromatic N) is 3. The molecule has 154 valence electrons. The highest BCUT2D eigenvalue weighted by molar-refractivity contribution is 5.93. The predicted octanol–water partition coefficient (Wildman–Crippen LogP) is 2.28. The quantitative estimate of drug-likeness (QED) is 0.778. The van der Waals surface area contributed by atoms with Crippen LogP contribution in [0.15, 0.2) is 36.7 Å². The van der Waals surface area contributed by atoms with Gasteiger partial charge in [-0.05, 0) is 63.0 Å². The van der Waals surface area contributed by atoms with Crippen LogP contribution in [0.3, 0.4) is 0 Å². The summed E-state index contributed by atoms with van der Waals surface area (Å²) in [6.45, 7) is 5.17. The number of anilines is 1. The van der Waals surface area contributed by atoms with E-state index in [-0.39, 0.29) is 35.5 Å². The van der Waals surface area contributed by atoms with Crippen LogP contribution in [0.5, 0.6) is 0 Å². The van der Waals surface area contributed by atoms with E-state index in [1.807, 2.05) is 13.0 Å². The molecule has 8 heteroatoms. The van der Waals surface area contributed by atoms with Crippen molar-refractivity contribution in [2.45, 2.75) is 39.3 Å². The molecule has 0 unspecified atom stereocenters. The lowest BCUT2D eigenvalue weighted by Crippen LogP contribution is -2.48. The number of hydrogen-bond donors (Lipinski definition) is 2. The fourth-order valence-electron chi connectivity index (χ4n) is 3.37. The molecule has 1 aromatic heterocycles. The molecule has 3 rings (SSSR count). The van der Waals surface area contributed by atoms with Crippen LogP contribution in [0.1, 0.15) is 30.9 Å². The molecule has 2 amide bonds. The van der Waals surface area contributed by atoms with Gasteiger partial charge in [0.15, 0.2) is 0 Å². The molecule has 29 heavy (non-hydrogen) atoms. The molecular formula is C21H26FN5O2. The molecule has 1 atom stereocenters.